The monoisotopic (exact) mass is 354 g/mol. The Morgan fingerprint density at radius 2 is 1.96 bits per heavy atom. The van der Waals surface area contributed by atoms with E-state index in [4.69, 9.17) is 0 Å². The Balaban J connectivity index is 1.41. The number of nitrogens with zero attached hydrogens (tertiary/aromatic N) is 1. The molecule has 0 radical (unpaired) electrons. The second-order valence-corrected chi connectivity index (χ2v) is 7.04. The molecule has 1 aliphatic heterocycles. The summed E-state index contributed by atoms with van der Waals surface area (Å²) in [6.07, 6.45) is 6.42. The molecule has 7 heteroatoms. The predicted octanol–water partition coefficient (Wildman–Crippen LogP) is 1.69. The lowest BCUT2D eigenvalue weighted by molar-refractivity contribution is -0.132. The summed E-state index contributed by atoms with van der Waals surface area (Å²) in [6, 6.07) is 6.86. The second-order valence-electron chi connectivity index (χ2n) is 7.04. The number of fused-ring (bicyclic) bond motifs is 1. The topological polar surface area (TPSA) is 94.3 Å². The lowest BCUT2D eigenvalue weighted by Crippen LogP contribution is -2.44. The first-order chi connectivity index (χ1) is 12.6. The van der Waals surface area contributed by atoms with Crippen LogP contribution in [0.2, 0.25) is 0 Å². The molecule has 0 spiro atoms. The number of aromatic amines is 1. The molecule has 7 nitrogen and oxygen atoms in total. The highest BCUT2D eigenvalue weighted by atomic mass is 16.2. The Kier molecular flexibility index (Phi) is 4.36. The summed E-state index contributed by atoms with van der Waals surface area (Å²) in [5.74, 6) is -0.616. The number of H-pyrrole nitrogens is 1. The van der Waals surface area contributed by atoms with Crippen LogP contribution in [0.1, 0.15) is 31.2 Å². The number of benzene rings is 1. The van der Waals surface area contributed by atoms with Crippen molar-refractivity contribution in [3.05, 3.63) is 36.0 Å². The van der Waals surface area contributed by atoms with Crippen molar-refractivity contribution in [2.75, 3.05) is 6.54 Å². The highest BCUT2D eigenvalue weighted by Crippen LogP contribution is 2.21. The summed E-state index contributed by atoms with van der Waals surface area (Å²) in [5.41, 5.74) is 1.96. The number of nitrogens with one attached hydrogen (secondary N) is 3. The molecule has 4 rings (SSSR count). The molecule has 1 saturated carbocycles. The van der Waals surface area contributed by atoms with Gasteiger partial charge in [0, 0.05) is 29.6 Å². The Hall–Kier alpha value is -2.83. The molecule has 0 unspecified atom stereocenters. The number of aromatic nitrogens is 1. The fourth-order valence-electron chi connectivity index (χ4n) is 3.87. The van der Waals surface area contributed by atoms with Crippen LogP contribution < -0.4 is 10.6 Å². The fraction of sp³-hybridized carbons (Fsp3) is 0.421. The lowest BCUT2D eigenvalue weighted by atomic mass is 10.1. The summed E-state index contributed by atoms with van der Waals surface area (Å²) in [6.45, 7) is -0.217. The SMILES string of the molecule is O=C(CN1C(=O)N[C@@H](Cc2c[nH]c3ccccc23)C1=O)NC1CCCC1. The smallest absolute Gasteiger partial charge is 0.325 e. The first-order valence-electron chi connectivity index (χ1n) is 9.08. The average Bonchev–Trinajstić information content (AvgIpc) is 3.33. The molecule has 0 bridgehead atoms. The van der Waals surface area contributed by atoms with E-state index >= 15 is 0 Å². The van der Waals surface area contributed by atoms with Gasteiger partial charge in [-0.25, -0.2) is 4.79 Å². The first kappa shape index (κ1) is 16.6. The largest absolute Gasteiger partial charge is 0.361 e. The molecule has 136 valence electrons. The first-order valence-corrected chi connectivity index (χ1v) is 9.08. The minimum absolute atomic E-state index is 0.172. The number of carbonyl (C=O) groups is 3. The third-order valence-corrected chi connectivity index (χ3v) is 5.23. The van der Waals surface area contributed by atoms with Gasteiger partial charge in [-0.05, 0) is 24.5 Å². The normalized spacial score (nSPS) is 20.8. The zero-order valence-corrected chi connectivity index (χ0v) is 14.5. The Morgan fingerprint density at radius 3 is 2.77 bits per heavy atom. The van der Waals surface area contributed by atoms with Gasteiger partial charge in [-0.15, -0.1) is 0 Å². The number of para-hydroxylation sites is 1. The van der Waals surface area contributed by atoms with E-state index in [1.165, 1.54) is 0 Å². The minimum Gasteiger partial charge on any atom is -0.361 e. The van der Waals surface area contributed by atoms with Crippen LogP contribution in [0.25, 0.3) is 10.9 Å². The zero-order chi connectivity index (χ0) is 18.1. The zero-order valence-electron chi connectivity index (χ0n) is 14.5. The van der Waals surface area contributed by atoms with Crippen LogP contribution in [-0.4, -0.2) is 46.4 Å². The number of amides is 4. The van der Waals surface area contributed by atoms with E-state index in [2.05, 4.69) is 15.6 Å². The summed E-state index contributed by atoms with van der Waals surface area (Å²) in [4.78, 5) is 41.1. The third kappa shape index (κ3) is 3.16. The lowest BCUT2D eigenvalue weighted by Gasteiger charge is -2.16. The van der Waals surface area contributed by atoms with E-state index in [0.29, 0.717) is 6.42 Å². The van der Waals surface area contributed by atoms with Crippen molar-refractivity contribution >= 4 is 28.7 Å². The van der Waals surface area contributed by atoms with E-state index in [0.717, 1.165) is 47.0 Å². The highest BCUT2D eigenvalue weighted by Gasteiger charge is 2.39. The molecule has 26 heavy (non-hydrogen) atoms. The molecular weight excluding hydrogens is 332 g/mol. The van der Waals surface area contributed by atoms with Crippen LogP contribution in [0.3, 0.4) is 0 Å². The maximum Gasteiger partial charge on any atom is 0.325 e. The molecule has 2 heterocycles. The van der Waals surface area contributed by atoms with Crippen LogP contribution in [0, 0.1) is 0 Å². The van der Waals surface area contributed by atoms with Crippen LogP contribution in [0.4, 0.5) is 4.79 Å². The standard InChI is InChI=1S/C19H22N4O3/c24-17(21-13-5-1-2-6-13)11-23-18(25)16(22-19(23)26)9-12-10-20-15-8-4-3-7-14(12)15/h3-4,7-8,10,13,16,20H,1-2,5-6,9,11H2,(H,21,24)(H,22,26)/t16-/m0/s1. The molecule has 2 aliphatic rings. The van der Waals surface area contributed by atoms with Gasteiger partial charge >= 0.3 is 6.03 Å². The van der Waals surface area contributed by atoms with Gasteiger partial charge < -0.3 is 15.6 Å². The van der Waals surface area contributed by atoms with Crippen molar-refractivity contribution in [1.82, 2.24) is 20.5 Å². The highest BCUT2D eigenvalue weighted by molar-refractivity contribution is 6.06. The number of carbonyl (C=O) groups excluding carboxylic acids is 3. The predicted molar refractivity (Wildman–Crippen MR) is 96.4 cm³/mol. The van der Waals surface area contributed by atoms with Crippen LogP contribution in [-0.2, 0) is 16.0 Å². The molecule has 1 aromatic carbocycles. The number of rotatable bonds is 5. The molecule has 1 aliphatic carbocycles. The van der Waals surface area contributed by atoms with E-state index < -0.39 is 12.1 Å². The molecular formula is C19H22N4O3. The molecule has 2 fully saturated rings. The quantitative estimate of drug-likeness (QED) is 0.713. The maximum atomic E-state index is 12.6. The molecule has 1 atom stereocenters. The summed E-state index contributed by atoms with van der Waals surface area (Å²) >= 11 is 0. The maximum absolute atomic E-state index is 12.6. The van der Waals surface area contributed by atoms with Crippen molar-refractivity contribution in [3.8, 4) is 0 Å². The van der Waals surface area contributed by atoms with E-state index in [9.17, 15) is 14.4 Å². The van der Waals surface area contributed by atoms with Crippen molar-refractivity contribution < 1.29 is 14.4 Å². The van der Waals surface area contributed by atoms with Crippen molar-refractivity contribution in [2.24, 2.45) is 0 Å². The minimum atomic E-state index is -0.638. The van der Waals surface area contributed by atoms with E-state index in [1.807, 2.05) is 30.5 Å². The van der Waals surface area contributed by atoms with Crippen LogP contribution >= 0.6 is 0 Å². The fourth-order valence-corrected chi connectivity index (χ4v) is 3.87. The second kappa shape index (κ2) is 6.82. The van der Waals surface area contributed by atoms with Crippen molar-refractivity contribution in [2.45, 2.75) is 44.2 Å². The van der Waals surface area contributed by atoms with E-state index in [-0.39, 0.29) is 24.4 Å². The Labute approximate surface area is 151 Å². The van der Waals surface area contributed by atoms with Gasteiger partial charge in [-0.3, -0.25) is 14.5 Å². The Morgan fingerprint density at radius 1 is 1.19 bits per heavy atom. The van der Waals surface area contributed by atoms with Crippen molar-refractivity contribution in [1.29, 1.82) is 0 Å². The van der Waals surface area contributed by atoms with Gasteiger partial charge in [0.25, 0.3) is 5.91 Å². The Bertz CT molecular complexity index is 853. The molecule has 3 N–H and O–H groups in total. The number of hydrogen-bond acceptors (Lipinski definition) is 3. The molecule has 1 aromatic heterocycles. The number of urea groups is 1. The van der Waals surface area contributed by atoms with Crippen LogP contribution in [0.15, 0.2) is 30.5 Å². The number of imide groups is 1. The van der Waals surface area contributed by atoms with Crippen molar-refractivity contribution in [3.63, 3.8) is 0 Å². The summed E-state index contributed by atoms with van der Waals surface area (Å²) in [5, 5.41) is 6.65. The van der Waals surface area contributed by atoms with E-state index in [1.54, 1.807) is 0 Å². The average molecular weight is 354 g/mol. The van der Waals surface area contributed by atoms with Gasteiger partial charge in [-0.1, -0.05) is 31.0 Å². The van der Waals surface area contributed by atoms with Gasteiger partial charge in [0.1, 0.15) is 12.6 Å². The molecule has 2 aromatic rings. The van der Waals surface area contributed by atoms with Crippen LogP contribution in [0.5, 0.6) is 0 Å². The number of hydrogen-bond donors (Lipinski definition) is 3. The van der Waals surface area contributed by atoms with Gasteiger partial charge in [0.15, 0.2) is 0 Å². The third-order valence-electron chi connectivity index (χ3n) is 5.23. The molecule has 4 amide bonds. The van der Waals surface area contributed by atoms with Gasteiger partial charge in [0.2, 0.25) is 5.91 Å². The summed E-state index contributed by atoms with van der Waals surface area (Å²) in [7, 11) is 0. The summed E-state index contributed by atoms with van der Waals surface area (Å²) < 4.78 is 0. The van der Waals surface area contributed by atoms with Gasteiger partial charge in [0.05, 0.1) is 0 Å². The van der Waals surface area contributed by atoms with Gasteiger partial charge in [-0.2, -0.15) is 0 Å². The molecule has 1 saturated heterocycles.